The molecule has 16 heteroatoms. The standard InChI is InChI=1S/C20H17Cl2F3N4O2.C2HF3O2/c21-12-1-2-13(18(23)17(12)22)29-19-11-7-15(30-10-3-5-26-6-4-10)16(31-20(24)25)8-14(11)27-9-28-19;3-2(4,5)1(6)7/h1-2,7-10,20,26H,3-6H2,(H,27,28,29);(H,6,7). The van der Waals surface area contributed by atoms with Gasteiger partial charge < -0.3 is 25.2 Å². The van der Waals surface area contributed by atoms with Crippen molar-refractivity contribution in [1.82, 2.24) is 15.3 Å². The van der Waals surface area contributed by atoms with Gasteiger partial charge in [-0.1, -0.05) is 23.2 Å². The molecule has 0 amide bonds. The molecule has 0 spiro atoms. The van der Waals surface area contributed by atoms with Crippen LogP contribution in [0, 0.1) is 5.82 Å². The molecular formula is C22H18Cl2F6N4O4. The van der Waals surface area contributed by atoms with Gasteiger partial charge in [0.1, 0.15) is 18.2 Å². The minimum Gasteiger partial charge on any atom is -0.486 e. The van der Waals surface area contributed by atoms with Gasteiger partial charge in [-0.3, -0.25) is 0 Å². The molecule has 1 fully saturated rings. The number of alkyl halides is 5. The number of piperidine rings is 1. The number of ether oxygens (including phenoxy) is 2. The van der Waals surface area contributed by atoms with E-state index in [-0.39, 0.29) is 39.2 Å². The number of rotatable bonds is 6. The number of fused-ring (bicyclic) bond motifs is 1. The maximum absolute atomic E-state index is 14.5. The summed E-state index contributed by atoms with van der Waals surface area (Å²) < 4.78 is 82.8. The average molecular weight is 587 g/mol. The Kier molecular flexibility index (Phi) is 9.68. The zero-order valence-corrected chi connectivity index (χ0v) is 20.5. The van der Waals surface area contributed by atoms with Crippen molar-refractivity contribution in [2.75, 3.05) is 18.4 Å². The molecule has 1 aliphatic rings. The van der Waals surface area contributed by atoms with Crippen LogP contribution in [-0.4, -0.2) is 53.0 Å². The first-order chi connectivity index (χ1) is 17.9. The molecule has 0 unspecified atom stereocenters. The highest BCUT2D eigenvalue weighted by molar-refractivity contribution is 6.42. The van der Waals surface area contributed by atoms with Crippen LogP contribution in [0.5, 0.6) is 11.5 Å². The number of nitrogens with one attached hydrogen (secondary N) is 2. The minimum atomic E-state index is -5.08. The van der Waals surface area contributed by atoms with Gasteiger partial charge in [-0.05, 0) is 44.1 Å². The van der Waals surface area contributed by atoms with E-state index >= 15 is 0 Å². The van der Waals surface area contributed by atoms with Gasteiger partial charge in [0.15, 0.2) is 17.3 Å². The molecule has 8 nitrogen and oxygen atoms in total. The van der Waals surface area contributed by atoms with Gasteiger partial charge in [0, 0.05) is 11.5 Å². The lowest BCUT2D eigenvalue weighted by Crippen LogP contribution is -2.34. The molecule has 0 atom stereocenters. The molecule has 0 saturated carbocycles. The first kappa shape index (κ1) is 29.3. The summed E-state index contributed by atoms with van der Waals surface area (Å²) in [6.07, 6.45) is -2.58. The van der Waals surface area contributed by atoms with E-state index in [1.165, 1.54) is 30.6 Å². The highest BCUT2D eigenvalue weighted by atomic mass is 35.5. The number of benzene rings is 2. The highest BCUT2D eigenvalue weighted by Crippen LogP contribution is 2.38. The van der Waals surface area contributed by atoms with Crippen LogP contribution in [0.2, 0.25) is 10.0 Å². The molecule has 1 aliphatic heterocycles. The van der Waals surface area contributed by atoms with Gasteiger partial charge >= 0.3 is 18.8 Å². The smallest absolute Gasteiger partial charge is 0.486 e. The quantitative estimate of drug-likeness (QED) is 0.232. The molecular weight excluding hydrogens is 569 g/mol. The number of halogens is 8. The van der Waals surface area contributed by atoms with Crippen molar-refractivity contribution in [2.24, 2.45) is 0 Å². The summed E-state index contributed by atoms with van der Waals surface area (Å²) in [6, 6.07) is 5.71. The van der Waals surface area contributed by atoms with Gasteiger partial charge in [0.05, 0.1) is 21.2 Å². The van der Waals surface area contributed by atoms with E-state index in [1.807, 2.05) is 0 Å². The normalized spacial score (nSPS) is 14.1. The van der Waals surface area contributed by atoms with Crippen LogP contribution in [0.1, 0.15) is 12.8 Å². The number of carboxylic acid groups (broad SMARTS) is 1. The molecule has 0 bridgehead atoms. The predicted octanol–water partition coefficient (Wildman–Crippen LogP) is 6.18. The van der Waals surface area contributed by atoms with Crippen LogP contribution in [0.4, 0.5) is 37.8 Å². The fourth-order valence-electron chi connectivity index (χ4n) is 3.29. The molecule has 3 N–H and O–H groups in total. The molecule has 206 valence electrons. The van der Waals surface area contributed by atoms with Crippen molar-refractivity contribution in [2.45, 2.75) is 31.7 Å². The van der Waals surface area contributed by atoms with E-state index in [1.54, 1.807) is 0 Å². The number of anilines is 2. The maximum Gasteiger partial charge on any atom is 0.490 e. The Hall–Kier alpha value is -3.23. The Morgan fingerprint density at radius 1 is 1.13 bits per heavy atom. The minimum absolute atomic E-state index is 0.0446. The molecule has 4 rings (SSSR count). The highest BCUT2D eigenvalue weighted by Gasteiger charge is 2.38. The van der Waals surface area contributed by atoms with E-state index < -0.39 is 24.6 Å². The molecule has 38 heavy (non-hydrogen) atoms. The second-order valence-corrected chi connectivity index (χ2v) is 8.42. The number of aromatic nitrogens is 2. The fraction of sp³-hybridized carbons (Fsp3) is 0.318. The number of carboxylic acids is 1. The van der Waals surface area contributed by atoms with Crippen LogP contribution >= 0.6 is 23.2 Å². The molecule has 1 saturated heterocycles. The van der Waals surface area contributed by atoms with Crippen molar-refractivity contribution in [1.29, 1.82) is 0 Å². The van der Waals surface area contributed by atoms with Crippen LogP contribution in [0.3, 0.4) is 0 Å². The third-order valence-corrected chi connectivity index (χ3v) is 5.81. The predicted molar refractivity (Wildman–Crippen MR) is 126 cm³/mol. The van der Waals surface area contributed by atoms with Crippen molar-refractivity contribution < 1.29 is 45.7 Å². The Morgan fingerprint density at radius 3 is 2.39 bits per heavy atom. The van der Waals surface area contributed by atoms with Gasteiger partial charge in [-0.15, -0.1) is 0 Å². The molecule has 3 aromatic rings. The first-order valence-electron chi connectivity index (χ1n) is 10.7. The third kappa shape index (κ3) is 7.65. The van der Waals surface area contributed by atoms with E-state index in [0.717, 1.165) is 25.9 Å². The zero-order chi connectivity index (χ0) is 28.0. The van der Waals surface area contributed by atoms with Crippen molar-refractivity contribution in [3.8, 4) is 11.5 Å². The third-order valence-electron chi connectivity index (χ3n) is 5.03. The SMILES string of the molecule is Fc1c(Nc2ncnc3cc(OC(F)F)c(OC4CCNCC4)cc23)ccc(Cl)c1Cl.O=C(O)C(F)(F)F. The lowest BCUT2D eigenvalue weighted by atomic mass is 10.1. The summed E-state index contributed by atoms with van der Waals surface area (Å²) >= 11 is 11.7. The summed E-state index contributed by atoms with van der Waals surface area (Å²) in [5.74, 6) is -3.27. The number of hydrogen-bond donors (Lipinski definition) is 3. The van der Waals surface area contributed by atoms with E-state index in [2.05, 4.69) is 25.3 Å². The number of hydrogen-bond acceptors (Lipinski definition) is 7. The topological polar surface area (TPSA) is 106 Å². The first-order valence-corrected chi connectivity index (χ1v) is 11.4. The van der Waals surface area contributed by atoms with Gasteiger partial charge in [0.2, 0.25) is 0 Å². The van der Waals surface area contributed by atoms with Crippen molar-refractivity contribution in [3.63, 3.8) is 0 Å². The number of nitrogens with zero attached hydrogens (tertiary/aromatic N) is 2. The van der Waals surface area contributed by atoms with Crippen LogP contribution in [0.15, 0.2) is 30.6 Å². The fourth-order valence-corrected chi connectivity index (χ4v) is 3.60. The largest absolute Gasteiger partial charge is 0.490 e. The molecule has 0 aliphatic carbocycles. The second-order valence-electron chi connectivity index (χ2n) is 7.63. The summed E-state index contributed by atoms with van der Waals surface area (Å²) in [4.78, 5) is 17.2. The molecule has 1 aromatic heterocycles. The Bertz CT molecular complexity index is 1290. The Balaban J connectivity index is 0.000000505. The average Bonchev–Trinajstić information content (AvgIpc) is 2.85. The zero-order valence-electron chi connectivity index (χ0n) is 19.0. The van der Waals surface area contributed by atoms with E-state index in [0.29, 0.717) is 10.9 Å². The number of aliphatic carboxylic acids is 1. The number of carbonyl (C=O) groups is 1. The summed E-state index contributed by atoms with van der Waals surface area (Å²) in [5.41, 5.74) is 0.356. The molecule has 0 radical (unpaired) electrons. The van der Waals surface area contributed by atoms with Crippen molar-refractivity contribution >= 4 is 51.6 Å². The van der Waals surface area contributed by atoms with Crippen molar-refractivity contribution in [3.05, 3.63) is 46.5 Å². The summed E-state index contributed by atoms with van der Waals surface area (Å²) in [5, 5.41) is 13.5. The van der Waals surface area contributed by atoms with Crippen LogP contribution < -0.4 is 20.1 Å². The monoisotopic (exact) mass is 586 g/mol. The Morgan fingerprint density at radius 2 is 1.79 bits per heavy atom. The van der Waals surface area contributed by atoms with Gasteiger partial charge in [-0.2, -0.15) is 22.0 Å². The molecule has 2 aromatic carbocycles. The second kappa shape index (κ2) is 12.5. The van der Waals surface area contributed by atoms with Crippen LogP contribution in [0.25, 0.3) is 10.9 Å². The van der Waals surface area contributed by atoms with Crippen LogP contribution in [-0.2, 0) is 4.79 Å². The van der Waals surface area contributed by atoms with Gasteiger partial charge in [-0.25, -0.2) is 19.2 Å². The summed E-state index contributed by atoms with van der Waals surface area (Å²) in [7, 11) is 0. The van der Waals surface area contributed by atoms with E-state index in [9.17, 15) is 26.3 Å². The lowest BCUT2D eigenvalue weighted by Gasteiger charge is -2.25. The lowest BCUT2D eigenvalue weighted by molar-refractivity contribution is -0.192. The van der Waals surface area contributed by atoms with E-state index in [4.69, 9.17) is 37.8 Å². The van der Waals surface area contributed by atoms with Gasteiger partial charge in [0.25, 0.3) is 0 Å². The molecule has 2 heterocycles. The maximum atomic E-state index is 14.5. The summed E-state index contributed by atoms with van der Waals surface area (Å²) in [6.45, 7) is -1.51. The Labute approximate surface area is 220 Å².